The lowest BCUT2D eigenvalue weighted by Crippen LogP contribution is -2.34. The fourth-order valence-electron chi connectivity index (χ4n) is 1.40. The molecule has 1 aromatic rings. The van der Waals surface area contributed by atoms with Crippen molar-refractivity contribution in [3.63, 3.8) is 0 Å². The van der Waals surface area contributed by atoms with Crippen LogP contribution in [-0.2, 0) is 0 Å². The van der Waals surface area contributed by atoms with Gasteiger partial charge in [-0.3, -0.25) is 4.79 Å². The van der Waals surface area contributed by atoms with Crippen LogP contribution in [0, 0.1) is 5.92 Å². The van der Waals surface area contributed by atoms with Gasteiger partial charge in [-0.2, -0.15) is 0 Å². The predicted molar refractivity (Wildman–Crippen MR) is 70.8 cm³/mol. The zero-order valence-electron chi connectivity index (χ0n) is 10.4. The van der Waals surface area contributed by atoms with Crippen molar-refractivity contribution in [1.82, 2.24) is 4.90 Å². The van der Waals surface area contributed by atoms with Gasteiger partial charge in [-0.15, -0.1) is 0 Å². The summed E-state index contributed by atoms with van der Waals surface area (Å²) in [6.45, 7) is 4.79. The van der Waals surface area contributed by atoms with E-state index in [1.54, 1.807) is 18.0 Å². The van der Waals surface area contributed by atoms with Crippen molar-refractivity contribution < 1.29 is 9.21 Å². The number of halogens is 1. The van der Waals surface area contributed by atoms with Gasteiger partial charge in [-0.1, -0.05) is 13.8 Å². The van der Waals surface area contributed by atoms with Gasteiger partial charge >= 0.3 is 0 Å². The predicted octanol–water partition coefficient (Wildman–Crippen LogP) is 2.49. The lowest BCUT2D eigenvalue weighted by atomic mass is 10.0. The summed E-state index contributed by atoms with van der Waals surface area (Å²) in [4.78, 5) is 13.6. The monoisotopic (exact) mass is 302 g/mol. The van der Waals surface area contributed by atoms with E-state index >= 15 is 0 Å². The fraction of sp³-hybridized carbons (Fsp3) is 0.583. The number of amides is 1. The van der Waals surface area contributed by atoms with Crippen LogP contribution in [0.4, 0.5) is 0 Å². The number of hydrogen-bond donors (Lipinski definition) is 1. The van der Waals surface area contributed by atoms with Gasteiger partial charge in [0.2, 0.25) is 5.76 Å². The molecule has 1 heterocycles. The molecule has 0 aromatic carbocycles. The van der Waals surface area contributed by atoms with Crippen LogP contribution >= 0.6 is 15.9 Å². The van der Waals surface area contributed by atoms with Crippen LogP contribution in [0.1, 0.15) is 30.8 Å². The molecule has 96 valence electrons. The Balaban J connectivity index is 2.51. The van der Waals surface area contributed by atoms with E-state index in [-0.39, 0.29) is 11.9 Å². The quantitative estimate of drug-likeness (QED) is 0.909. The Hall–Kier alpha value is -0.810. The Kier molecular flexibility index (Phi) is 5.21. The smallest absolute Gasteiger partial charge is 0.290 e. The van der Waals surface area contributed by atoms with Crippen LogP contribution in [0.25, 0.3) is 0 Å². The van der Waals surface area contributed by atoms with Gasteiger partial charge in [-0.25, -0.2) is 0 Å². The minimum Gasteiger partial charge on any atom is -0.458 e. The Labute approximate surface area is 110 Å². The van der Waals surface area contributed by atoms with Gasteiger partial charge in [0.1, 0.15) is 0 Å². The van der Waals surface area contributed by atoms with Crippen molar-refractivity contribution in [2.75, 3.05) is 13.6 Å². The largest absolute Gasteiger partial charge is 0.458 e. The van der Waals surface area contributed by atoms with Crippen molar-refractivity contribution in [3.8, 4) is 0 Å². The highest BCUT2D eigenvalue weighted by Gasteiger charge is 2.19. The molecular formula is C12H19BrN2O2. The van der Waals surface area contributed by atoms with Crippen LogP contribution in [0.15, 0.2) is 21.2 Å². The molecule has 2 N–H and O–H groups in total. The van der Waals surface area contributed by atoms with Gasteiger partial charge in [0.05, 0.1) is 10.7 Å². The molecule has 0 aliphatic heterocycles. The van der Waals surface area contributed by atoms with Crippen molar-refractivity contribution >= 4 is 21.8 Å². The van der Waals surface area contributed by atoms with E-state index in [0.717, 1.165) is 6.42 Å². The number of nitrogens with two attached hydrogens (primary N) is 1. The molecule has 17 heavy (non-hydrogen) atoms. The highest BCUT2D eigenvalue weighted by molar-refractivity contribution is 9.10. The third-order valence-electron chi connectivity index (χ3n) is 2.81. The number of rotatable bonds is 5. The number of nitrogens with zero attached hydrogens (tertiary/aromatic N) is 1. The van der Waals surface area contributed by atoms with Gasteiger partial charge in [0.15, 0.2) is 0 Å². The molecule has 0 saturated carbocycles. The Bertz CT molecular complexity index is 376. The molecule has 0 radical (unpaired) electrons. The number of furan rings is 1. The standard InChI is InChI=1S/C12H19BrN2O2/c1-8(2)10(14)4-6-15(3)12(16)11-9(13)5-7-17-11/h5,7-8,10H,4,6,14H2,1-3H3. The first-order valence-electron chi connectivity index (χ1n) is 5.67. The maximum Gasteiger partial charge on any atom is 0.290 e. The van der Waals surface area contributed by atoms with Crippen LogP contribution in [-0.4, -0.2) is 30.4 Å². The molecule has 4 nitrogen and oxygen atoms in total. The Morgan fingerprint density at radius 1 is 1.59 bits per heavy atom. The molecule has 0 spiro atoms. The van der Waals surface area contributed by atoms with E-state index in [1.807, 2.05) is 0 Å². The summed E-state index contributed by atoms with van der Waals surface area (Å²) in [5, 5.41) is 0. The minimum atomic E-state index is -0.127. The van der Waals surface area contributed by atoms with E-state index < -0.39 is 0 Å². The molecule has 1 rings (SSSR count). The van der Waals surface area contributed by atoms with E-state index in [2.05, 4.69) is 29.8 Å². The number of hydrogen-bond acceptors (Lipinski definition) is 3. The average Bonchev–Trinajstić information content (AvgIpc) is 2.70. The highest BCUT2D eigenvalue weighted by Crippen LogP contribution is 2.19. The van der Waals surface area contributed by atoms with Crippen molar-refractivity contribution in [2.45, 2.75) is 26.3 Å². The second-order valence-electron chi connectivity index (χ2n) is 4.52. The summed E-state index contributed by atoms with van der Waals surface area (Å²) in [5.41, 5.74) is 5.94. The van der Waals surface area contributed by atoms with Crippen molar-refractivity contribution in [2.24, 2.45) is 11.7 Å². The van der Waals surface area contributed by atoms with Crippen LogP contribution < -0.4 is 5.73 Å². The maximum atomic E-state index is 12.0. The first kappa shape index (κ1) is 14.3. The number of carbonyl (C=O) groups excluding carboxylic acids is 1. The zero-order chi connectivity index (χ0) is 13.0. The summed E-state index contributed by atoms with van der Waals surface area (Å²) in [7, 11) is 1.75. The fourth-order valence-corrected chi connectivity index (χ4v) is 1.77. The van der Waals surface area contributed by atoms with Gasteiger partial charge in [-0.05, 0) is 34.3 Å². The summed E-state index contributed by atoms with van der Waals surface area (Å²) in [6, 6.07) is 1.83. The lowest BCUT2D eigenvalue weighted by molar-refractivity contribution is 0.0756. The van der Waals surface area contributed by atoms with Gasteiger partial charge < -0.3 is 15.1 Å². The highest BCUT2D eigenvalue weighted by atomic mass is 79.9. The first-order valence-corrected chi connectivity index (χ1v) is 6.46. The summed E-state index contributed by atoms with van der Waals surface area (Å²) in [6.07, 6.45) is 2.28. The normalized spacial score (nSPS) is 12.8. The van der Waals surface area contributed by atoms with Gasteiger partial charge in [0.25, 0.3) is 5.91 Å². The molecule has 0 bridgehead atoms. The molecule has 1 amide bonds. The molecule has 5 heteroatoms. The maximum absolute atomic E-state index is 12.0. The van der Waals surface area contributed by atoms with Crippen molar-refractivity contribution in [1.29, 1.82) is 0 Å². The Morgan fingerprint density at radius 3 is 2.71 bits per heavy atom. The number of carbonyl (C=O) groups is 1. The van der Waals surface area contributed by atoms with Crippen molar-refractivity contribution in [3.05, 3.63) is 22.6 Å². The van der Waals surface area contributed by atoms with Crippen LogP contribution in [0.5, 0.6) is 0 Å². The molecule has 1 atom stereocenters. The van der Waals surface area contributed by atoms with E-state index in [1.165, 1.54) is 6.26 Å². The van der Waals surface area contributed by atoms with Gasteiger partial charge in [0, 0.05) is 19.6 Å². The summed E-state index contributed by atoms with van der Waals surface area (Å²) in [5.74, 6) is 0.636. The zero-order valence-corrected chi connectivity index (χ0v) is 12.0. The van der Waals surface area contributed by atoms with Crippen LogP contribution in [0.2, 0.25) is 0 Å². The third-order valence-corrected chi connectivity index (χ3v) is 3.44. The third kappa shape index (κ3) is 3.85. The molecule has 0 aliphatic carbocycles. The topological polar surface area (TPSA) is 59.5 Å². The molecule has 0 fully saturated rings. The van der Waals surface area contributed by atoms with E-state index in [9.17, 15) is 4.79 Å². The SMILES string of the molecule is CC(C)C(N)CCN(C)C(=O)c1occc1Br. The molecule has 0 saturated heterocycles. The molecule has 1 unspecified atom stereocenters. The summed E-state index contributed by atoms with van der Waals surface area (Å²) < 4.78 is 5.82. The second-order valence-corrected chi connectivity index (χ2v) is 5.38. The van der Waals surface area contributed by atoms with E-state index in [0.29, 0.717) is 22.7 Å². The molecule has 1 aromatic heterocycles. The molecular weight excluding hydrogens is 284 g/mol. The van der Waals surface area contributed by atoms with E-state index in [4.69, 9.17) is 10.2 Å². The van der Waals surface area contributed by atoms with Crippen LogP contribution in [0.3, 0.4) is 0 Å². The second kappa shape index (κ2) is 6.21. The first-order chi connectivity index (χ1) is 7.93. The average molecular weight is 303 g/mol. The molecule has 0 aliphatic rings. The lowest BCUT2D eigenvalue weighted by Gasteiger charge is -2.20. The minimum absolute atomic E-state index is 0.116. The Morgan fingerprint density at radius 2 is 2.24 bits per heavy atom. The summed E-state index contributed by atoms with van der Waals surface area (Å²) >= 11 is 3.27.